The van der Waals surface area contributed by atoms with Gasteiger partial charge in [-0.15, -0.1) is 0 Å². The van der Waals surface area contributed by atoms with Gasteiger partial charge in [0.25, 0.3) is 0 Å². The molecule has 2 heterocycles. The van der Waals surface area contributed by atoms with Crippen LogP contribution in [-0.2, 0) is 16.0 Å². The van der Waals surface area contributed by atoms with Crippen molar-refractivity contribution < 1.29 is 14.3 Å². The zero-order valence-corrected chi connectivity index (χ0v) is 21.7. The first-order chi connectivity index (χ1) is 16.7. The number of nitrogens with zero attached hydrogens (tertiary/aromatic N) is 4. The first-order valence-corrected chi connectivity index (χ1v) is 12.1. The van der Waals surface area contributed by atoms with E-state index in [4.69, 9.17) is 14.6 Å². The first kappa shape index (κ1) is 26.3. The Kier molecular flexibility index (Phi) is 8.90. The molecule has 0 aliphatic carbocycles. The van der Waals surface area contributed by atoms with E-state index in [0.717, 1.165) is 48.8 Å². The Bertz CT molecular complexity index is 1050. The van der Waals surface area contributed by atoms with Crippen molar-refractivity contribution in [2.24, 2.45) is 10.4 Å². The number of aromatic nitrogens is 2. The maximum absolute atomic E-state index is 12.7. The molecule has 1 saturated heterocycles. The Hall–Kier alpha value is -3.35. The van der Waals surface area contributed by atoms with Gasteiger partial charge in [0.05, 0.1) is 37.7 Å². The predicted octanol–water partition coefficient (Wildman–Crippen LogP) is 5.31. The summed E-state index contributed by atoms with van der Waals surface area (Å²) in [5, 5.41) is 5.00. The molecule has 1 aliphatic heterocycles. The Morgan fingerprint density at radius 1 is 1.20 bits per heavy atom. The van der Waals surface area contributed by atoms with Crippen LogP contribution in [0.2, 0.25) is 0 Å². The Morgan fingerprint density at radius 3 is 2.46 bits per heavy atom. The Morgan fingerprint density at radius 2 is 1.89 bits per heavy atom. The number of piperidine rings is 1. The van der Waals surface area contributed by atoms with Crippen molar-refractivity contribution in [2.45, 2.75) is 52.4 Å². The lowest BCUT2D eigenvalue weighted by Crippen LogP contribution is -2.39. The average molecular weight is 479 g/mol. The smallest absolute Gasteiger partial charge is 0.223 e. The highest BCUT2D eigenvalue weighted by Crippen LogP contribution is 2.30. The van der Waals surface area contributed by atoms with Crippen LogP contribution in [0.4, 0.5) is 0 Å². The lowest BCUT2D eigenvalue weighted by Gasteiger charge is -2.33. The quantitative estimate of drug-likeness (QED) is 0.293. The molecule has 7 nitrogen and oxygen atoms in total. The lowest BCUT2D eigenvalue weighted by molar-refractivity contribution is -0.134. The minimum Gasteiger partial charge on any atom is -0.497 e. The van der Waals surface area contributed by atoms with Crippen molar-refractivity contribution in [1.29, 1.82) is 0 Å². The predicted molar refractivity (Wildman–Crippen MR) is 140 cm³/mol. The molecule has 1 amide bonds. The number of likely N-dealkylation sites (tertiary alicyclic amines) is 1. The van der Waals surface area contributed by atoms with E-state index in [1.807, 2.05) is 33.8 Å². The maximum Gasteiger partial charge on any atom is 0.223 e. The molecule has 0 radical (unpaired) electrons. The number of carbonyl (C=O) groups is 1. The van der Waals surface area contributed by atoms with Gasteiger partial charge < -0.3 is 14.4 Å². The Labute approximate surface area is 209 Å². The van der Waals surface area contributed by atoms with Gasteiger partial charge in [-0.25, -0.2) is 9.67 Å². The molecule has 0 spiro atoms. The zero-order chi connectivity index (χ0) is 25.4. The van der Waals surface area contributed by atoms with Gasteiger partial charge in [0.2, 0.25) is 5.91 Å². The van der Waals surface area contributed by atoms with Crippen molar-refractivity contribution in [1.82, 2.24) is 14.7 Å². The maximum atomic E-state index is 12.7. The highest BCUT2D eigenvalue weighted by atomic mass is 16.5. The van der Waals surface area contributed by atoms with E-state index in [9.17, 15) is 4.79 Å². The summed E-state index contributed by atoms with van der Waals surface area (Å²) in [6.45, 7) is 11.5. The minimum atomic E-state index is 0.00143. The third kappa shape index (κ3) is 7.31. The van der Waals surface area contributed by atoms with E-state index >= 15 is 0 Å². The fraction of sp³-hybridized carbons (Fsp3) is 0.464. The highest BCUT2D eigenvalue weighted by molar-refractivity contribution is 5.79. The summed E-state index contributed by atoms with van der Waals surface area (Å²) >= 11 is 0. The lowest BCUT2D eigenvalue weighted by atomic mass is 9.89. The zero-order valence-electron chi connectivity index (χ0n) is 21.7. The Balaban J connectivity index is 1.83. The summed E-state index contributed by atoms with van der Waals surface area (Å²) in [4.78, 5) is 19.1. The van der Waals surface area contributed by atoms with Crippen LogP contribution in [0.15, 0.2) is 60.3 Å². The molecule has 0 atom stereocenters. The third-order valence-corrected chi connectivity index (χ3v) is 6.08. The SMILES string of the molecule is C=C/C=C\N=C(Cc1cc(C2CCN(C(=O)CC(C)(C)C)CC2)nn1-c1ccc(OC)cc1)OC. The number of ether oxygens (including phenoxy) is 2. The van der Waals surface area contributed by atoms with Crippen LogP contribution >= 0.6 is 0 Å². The standard InChI is InChI=1S/C28H38N4O3/c1-7-8-15-29-26(35-6)19-23-18-25(30-32(23)22-9-11-24(34-5)12-10-22)21-13-16-31(17-14-21)27(33)20-28(2,3)4/h7-12,15,18,21H,1,13-14,16-17,19-20H2,2-6H3/b15-8-,29-26?. The molecule has 0 N–H and O–H groups in total. The van der Waals surface area contributed by atoms with E-state index < -0.39 is 0 Å². The summed E-state index contributed by atoms with van der Waals surface area (Å²) < 4.78 is 12.8. The molecular weight excluding hydrogens is 440 g/mol. The number of benzene rings is 1. The van der Waals surface area contributed by atoms with E-state index in [-0.39, 0.29) is 11.3 Å². The molecule has 188 valence electrons. The summed E-state index contributed by atoms with van der Waals surface area (Å²) in [7, 11) is 3.28. The molecule has 1 fully saturated rings. The average Bonchev–Trinajstić information content (AvgIpc) is 3.26. The minimum absolute atomic E-state index is 0.00143. The second-order valence-corrected chi connectivity index (χ2v) is 10.0. The molecule has 0 unspecified atom stereocenters. The van der Waals surface area contributed by atoms with Crippen LogP contribution in [0.25, 0.3) is 5.69 Å². The number of hydrogen-bond acceptors (Lipinski definition) is 5. The van der Waals surface area contributed by atoms with E-state index in [1.165, 1.54) is 0 Å². The van der Waals surface area contributed by atoms with Crippen molar-refractivity contribution >= 4 is 11.8 Å². The number of carbonyl (C=O) groups excluding carboxylic acids is 1. The normalized spacial score (nSPS) is 15.5. The molecule has 0 saturated carbocycles. The number of amides is 1. The van der Waals surface area contributed by atoms with Gasteiger partial charge in [0, 0.05) is 31.6 Å². The summed E-state index contributed by atoms with van der Waals surface area (Å²) in [6, 6.07) is 9.99. The van der Waals surface area contributed by atoms with Crippen LogP contribution in [0.5, 0.6) is 5.75 Å². The van der Waals surface area contributed by atoms with E-state index in [0.29, 0.717) is 24.7 Å². The molecule has 35 heavy (non-hydrogen) atoms. The van der Waals surface area contributed by atoms with Gasteiger partial charge in [0.1, 0.15) is 5.75 Å². The second kappa shape index (κ2) is 11.9. The van der Waals surface area contributed by atoms with Crippen LogP contribution in [0.1, 0.15) is 57.3 Å². The van der Waals surface area contributed by atoms with E-state index in [1.54, 1.807) is 32.6 Å². The van der Waals surface area contributed by atoms with Crippen molar-refractivity contribution in [3.8, 4) is 11.4 Å². The number of hydrogen-bond donors (Lipinski definition) is 0. The number of allylic oxidation sites excluding steroid dienone is 2. The molecule has 0 bridgehead atoms. The van der Waals surface area contributed by atoms with Crippen molar-refractivity contribution in [3.05, 3.63) is 66.7 Å². The van der Waals surface area contributed by atoms with Gasteiger partial charge in [-0.05, 0) is 54.7 Å². The largest absolute Gasteiger partial charge is 0.497 e. The molecule has 1 aromatic carbocycles. The fourth-order valence-electron chi connectivity index (χ4n) is 4.22. The number of methoxy groups -OCH3 is 2. The van der Waals surface area contributed by atoms with Gasteiger partial charge >= 0.3 is 0 Å². The van der Waals surface area contributed by atoms with Crippen LogP contribution in [0.3, 0.4) is 0 Å². The molecule has 2 aromatic rings. The number of aliphatic imine (C=N–C) groups is 1. The van der Waals surface area contributed by atoms with E-state index in [2.05, 4.69) is 38.4 Å². The number of rotatable bonds is 8. The third-order valence-electron chi connectivity index (χ3n) is 6.08. The monoisotopic (exact) mass is 478 g/mol. The van der Waals surface area contributed by atoms with Gasteiger partial charge in [-0.2, -0.15) is 5.10 Å². The van der Waals surface area contributed by atoms with Crippen LogP contribution in [-0.4, -0.2) is 53.8 Å². The van der Waals surface area contributed by atoms with Gasteiger partial charge in [-0.3, -0.25) is 4.79 Å². The summed E-state index contributed by atoms with van der Waals surface area (Å²) in [5.74, 6) is 1.93. The molecule has 7 heteroatoms. The molecular formula is C28H38N4O3. The first-order valence-electron chi connectivity index (χ1n) is 12.1. The molecule has 1 aromatic heterocycles. The van der Waals surface area contributed by atoms with Gasteiger partial charge in [-0.1, -0.05) is 33.4 Å². The van der Waals surface area contributed by atoms with Crippen molar-refractivity contribution in [3.63, 3.8) is 0 Å². The van der Waals surface area contributed by atoms with Crippen LogP contribution in [0, 0.1) is 5.41 Å². The fourth-order valence-corrected chi connectivity index (χ4v) is 4.22. The highest BCUT2D eigenvalue weighted by Gasteiger charge is 2.28. The van der Waals surface area contributed by atoms with Crippen molar-refractivity contribution in [2.75, 3.05) is 27.3 Å². The van der Waals surface area contributed by atoms with Gasteiger partial charge in [0.15, 0.2) is 5.90 Å². The summed E-state index contributed by atoms with van der Waals surface area (Å²) in [6.07, 6.45) is 8.00. The van der Waals surface area contributed by atoms with Crippen LogP contribution < -0.4 is 4.74 Å². The topological polar surface area (TPSA) is 69.0 Å². The molecule has 1 aliphatic rings. The second-order valence-electron chi connectivity index (χ2n) is 10.0. The molecule has 3 rings (SSSR count). The summed E-state index contributed by atoms with van der Waals surface area (Å²) in [5.41, 5.74) is 2.98.